The zero-order valence-electron chi connectivity index (χ0n) is 9.98. The SMILES string of the molecule is CC(=O)N1CCN(C2CN(C(C)=O)C2)CC1. The van der Waals surface area contributed by atoms with Gasteiger partial charge < -0.3 is 9.80 Å². The highest BCUT2D eigenvalue weighted by Gasteiger charge is 2.34. The summed E-state index contributed by atoms with van der Waals surface area (Å²) in [6, 6.07) is 0.512. The summed E-state index contributed by atoms with van der Waals surface area (Å²) in [5.74, 6) is 0.331. The fourth-order valence-corrected chi connectivity index (χ4v) is 2.35. The highest BCUT2D eigenvalue weighted by atomic mass is 16.2. The maximum absolute atomic E-state index is 11.2. The minimum atomic E-state index is 0.165. The van der Waals surface area contributed by atoms with Crippen LogP contribution in [0.2, 0.25) is 0 Å². The normalized spacial score (nSPS) is 23.1. The fraction of sp³-hybridized carbons (Fsp3) is 0.818. The molecule has 0 aromatic rings. The van der Waals surface area contributed by atoms with Crippen LogP contribution in [0.25, 0.3) is 0 Å². The van der Waals surface area contributed by atoms with Gasteiger partial charge in [0.05, 0.1) is 0 Å². The summed E-state index contributed by atoms with van der Waals surface area (Å²) >= 11 is 0. The minimum Gasteiger partial charge on any atom is -0.340 e. The summed E-state index contributed by atoms with van der Waals surface area (Å²) in [6.45, 7) is 8.48. The van der Waals surface area contributed by atoms with E-state index in [1.54, 1.807) is 13.8 Å². The van der Waals surface area contributed by atoms with Gasteiger partial charge in [-0.1, -0.05) is 0 Å². The molecule has 0 bridgehead atoms. The van der Waals surface area contributed by atoms with Crippen molar-refractivity contribution in [2.24, 2.45) is 0 Å². The Hall–Kier alpha value is -1.10. The van der Waals surface area contributed by atoms with E-state index in [0.29, 0.717) is 6.04 Å². The van der Waals surface area contributed by atoms with Gasteiger partial charge in [-0.3, -0.25) is 14.5 Å². The van der Waals surface area contributed by atoms with Crippen LogP contribution in [0.5, 0.6) is 0 Å². The van der Waals surface area contributed by atoms with Gasteiger partial charge in [0.2, 0.25) is 11.8 Å². The third-order valence-corrected chi connectivity index (χ3v) is 3.58. The van der Waals surface area contributed by atoms with Crippen molar-refractivity contribution in [3.63, 3.8) is 0 Å². The van der Waals surface area contributed by atoms with Crippen molar-refractivity contribution in [3.05, 3.63) is 0 Å². The molecule has 0 unspecified atom stereocenters. The van der Waals surface area contributed by atoms with Crippen LogP contribution in [0, 0.1) is 0 Å². The minimum absolute atomic E-state index is 0.165. The molecule has 2 heterocycles. The molecular formula is C11H19N3O2. The maximum atomic E-state index is 11.2. The van der Waals surface area contributed by atoms with Gasteiger partial charge in [-0.15, -0.1) is 0 Å². The first-order chi connectivity index (χ1) is 7.58. The van der Waals surface area contributed by atoms with Crippen molar-refractivity contribution >= 4 is 11.8 Å². The molecule has 0 spiro atoms. The van der Waals surface area contributed by atoms with E-state index in [-0.39, 0.29) is 11.8 Å². The van der Waals surface area contributed by atoms with Crippen molar-refractivity contribution in [1.29, 1.82) is 0 Å². The van der Waals surface area contributed by atoms with Crippen LogP contribution < -0.4 is 0 Å². The first-order valence-electron chi connectivity index (χ1n) is 5.83. The van der Waals surface area contributed by atoms with Gasteiger partial charge in [-0.25, -0.2) is 0 Å². The van der Waals surface area contributed by atoms with Crippen LogP contribution >= 0.6 is 0 Å². The van der Waals surface area contributed by atoms with Crippen molar-refractivity contribution in [1.82, 2.24) is 14.7 Å². The quantitative estimate of drug-likeness (QED) is 0.597. The average Bonchev–Trinajstić information content (AvgIpc) is 2.15. The van der Waals surface area contributed by atoms with Crippen molar-refractivity contribution in [2.45, 2.75) is 19.9 Å². The lowest BCUT2D eigenvalue weighted by atomic mass is 10.1. The third kappa shape index (κ3) is 2.19. The van der Waals surface area contributed by atoms with Crippen LogP contribution in [0.4, 0.5) is 0 Å². The predicted octanol–water partition coefficient (Wildman–Crippen LogP) is -0.619. The molecule has 2 rings (SSSR count). The average molecular weight is 225 g/mol. The molecule has 0 aliphatic carbocycles. The third-order valence-electron chi connectivity index (χ3n) is 3.58. The lowest BCUT2D eigenvalue weighted by Gasteiger charge is -2.47. The van der Waals surface area contributed by atoms with Gasteiger partial charge in [0.25, 0.3) is 0 Å². The van der Waals surface area contributed by atoms with Crippen LogP contribution in [0.3, 0.4) is 0 Å². The Morgan fingerprint density at radius 2 is 1.38 bits per heavy atom. The number of rotatable bonds is 1. The van der Waals surface area contributed by atoms with Crippen molar-refractivity contribution in [2.75, 3.05) is 39.3 Å². The molecule has 5 nitrogen and oxygen atoms in total. The van der Waals surface area contributed by atoms with E-state index in [1.165, 1.54) is 0 Å². The molecule has 2 fully saturated rings. The molecule has 0 aromatic heterocycles. The monoisotopic (exact) mass is 225 g/mol. The Morgan fingerprint density at radius 1 is 0.875 bits per heavy atom. The Labute approximate surface area is 96.0 Å². The van der Waals surface area contributed by atoms with E-state index >= 15 is 0 Å². The van der Waals surface area contributed by atoms with Crippen LogP contribution in [-0.4, -0.2) is 71.8 Å². The molecular weight excluding hydrogens is 206 g/mol. The molecule has 2 aliphatic heterocycles. The molecule has 0 atom stereocenters. The topological polar surface area (TPSA) is 43.9 Å². The summed E-state index contributed by atoms with van der Waals surface area (Å²) in [4.78, 5) is 28.3. The summed E-state index contributed by atoms with van der Waals surface area (Å²) in [7, 11) is 0. The Morgan fingerprint density at radius 3 is 1.81 bits per heavy atom. The largest absolute Gasteiger partial charge is 0.340 e. The molecule has 0 N–H and O–H groups in total. The number of hydrogen-bond donors (Lipinski definition) is 0. The zero-order valence-corrected chi connectivity index (χ0v) is 9.98. The van der Waals surface area contributed by atoms with Gasteiger partial charge in [0, 0.05) is 59.2 Å². The summed E-state index contributed by atoms with van der Waals surface area (Å²) in [5, 5.41) is 0. The standard InChI is InChI=1S/C11H19N3O2/c1-9(15)12-3-5-13(6-4-12)11-7-14(8-11)10(2)16/h11H,3-8H2,1-2H3. The smallest absolute Gasteiger partial charge is 0.219 e. The van der Waals surface area contributed by atoms with E-state index in [9.17, 15) is 9.59 Å². The highest BCUT2D eigenvalue weighted by molar-refractivity contribution is 5.74. The van der Waals surface area contributed by atoms with E-state index in [1.807, 2.05) is 9.80 Å². The molecule has 2 saturated heterocycles. The van der Waals surface area contributed by atoms with E-state index in [4.69, 9.17) is 0 Å². The van der Waals surface area contributed by atoms with Gasteiger partial charge in [-0.05, 0) is 0 Å². The number of carbonyl (C=O) groups excluding carboxylic acids is 2. The second kappa shape index (κ2) is 4.41. The number of nitrogens with zero attached hydrogens (tertiary/aromatic N) is 3. The Bertz CT molecular complexity index is 292. The molecule has 90 valence electrons. The molecule has 0 aromatic carbocycles. The van der Waals surface area contributed by atoms with Gasteiger partial charge in [0.15, 0.2) is 0 Å². The van der Waals surface area contributed by atoms with Gasteiger partial charge in [0.1, 0.15) is 0 Å². The van der Waals surface area contributed by atoms with Crippen LogP contribution in [0.1, 0.15) is 13.8 Å². The van der Waals surface area contributed by atoms with E-state index in [0.717, 1.165) is 39.3 Å². The number of piperazine rings is 1. The second-order valence-electron chi connectivity index (χ2n) is 4.62. The maximum Gasteiger partial charge on any atom is 0.219 e. The second-order valence-corrected chi connectivity index (χ2v) is 4.62. The molecule has 2 aliphatic rings. The highest BCUT2D eigenvalue weighted by Crippen LogP contribution is 2.16. The van der Waals surface area contributed by atoms with Crippen LogP contribution in [-0.2, 0) is 9.59 Å². The Balaban J connectivity index is 1.75. The predicted molar refractivity (Wildman–Crippen MR) is 59.9 cm³/mol. The number of likely N-dealkylation sites (tertiary alicyclic amines) is 1. The van der Waals surface area contributed by atoms with Crippen LogP contribution in [0.15, 0.2) is 0 Å². The summed E-state index contributed by atoms with van der Waals surface area (Å²) in [6.07, 6.45) is 0. The number of carbonyl (C=O) groups is 2. The lowest BCUT2D eigenvalue weighted by molar-refractivity contribution is -0.137. The molecule has 5 heteroatoms. The van der Waals surface area contributed by atoms with E-state index < -0.39 is 0 Å². The molecule has 0 saturated carbocycles. The Kier molecular flexibility index (Phi) is 3.14. The van der Waals surface area contributed by atoms with Crippen molar-refractivity contribution < 1.29 is 9.59 Å². The number of amides is 2. The molecule has 16 heavy (non-hydrogen) atoms. The fourth-order valence-electron chi connectivity index (χ4n) is 2.35. The first kappa shape index (κ1) is 11.4. The van der Waals surface area contributed by atoms with Gasteiger partial charge >= 0.3 is 0 Å². The van der Waals surface area contributed by atoms with Crippen molar-refractivity contribution in [3.8, 4) is 0 Å². The molecule has 2 amide bonds. The summed E-state index contributed by atoms with van der Waals surface area (Å²) in [5.41, 5.74) is 0. The summed E-state index contributed by atoms with van der Waals surface area (Å²) < 4.78 is 0. The molecule has 0 radical (unpaired) electrons. The van der Waals surface area contributed by atoms with Gasteiger partial charge in [-0.2, -0.15) is 0 Å². The zero-order chi connectivity index (χ0) is 11.7. The number of hydrogen-bond acceptors (Lipinski definition) is 3. The lowest BCUT2D eigenvalue weighted by Crippen LogP contribution is -2.64. The van der Waals surface area contributed by atoms with E-state index in [2.05, 4.69) is 4.90 Å². The first-order valence-corrected chi connectivity index (χ1v) is 5.83.